The van der Waals surface area contributed by atoms with E-state index in [0.29, 0.717) is 5.41 Å². The van der Waals surface area contributed by atoms with Gasteiger partial charge in [-0.1, -0.05) is 33.4 Å². The fourth-order valence-electron chi connectivity index (χ4n) is 1.63. The van der Waals surface area contributed by atoms with Gasteiger partial charge in [0.15, 0.2) is 0 Å². The molecule has 0 aromatic carbocycles. The minimum atomic E-state index is 0.470. The molecule has 0 aliphatic carbocycles. The second kappa shape index (κ2) is 3.62. The van der Waals surface area contributed by atoms with Crippen LogP contribution >= 0.6 is 0 Å². The van der Waals surface area contributed by atoms with Gasteiger partial charge in [-0.15, -0.1) is 0 Å². The van der Waals surface area contributed by atoms with Gasteiger partial charge in [0, 0.05) is 6.54 Å². The molecule has 1 saturated heterocycles. The highest BCUT2D eigenvalue weighted by Crippen LogP contribution is 2.17. The van der Waals surface area contributed by atoms with Crippen LogP contribution in [0.4, 0.5) is 0 Å². The first-order chi connectivity index (χ1) is 5.08. The smallest absolute Gasteiger partial charge is 0.112 e. The van der Waals surface area contributed by atoms with E-state index in [1.807, 2.05) is 0 Å². The molecule has 0 bridgehead atoms. The first kappa shape index (κ1) is 9.12. The Morgan fingerprint density at radius 3 is 2.18 bits per heavy atom. The molecule has 0 saturated carbocycles. The van der Waals surface area contributed by atoms with Gasteiger partial charge in [0.05, 0.1) is 0 Å². The van der Waals surface area contributed by atoms with Crippen molar-refractivity contribution >= 4 is 7.28 Å². The molecule has 0 N–H and O–H groups in total. The molecule has 1 fully saturated rings. The van der Waals surface area contributed by atoms with Crippen LogP contribution in [0.3, 0.4) is 0 Å². The molecular formula is C9H19BN. The third-order valence-corrected chi connectivity index (χ3v) is 2.00. The quantitative estimate of drug-likeness (QED) is 0.518. The summed E-state index contributed by atoms with van der Waals surface area (Å²) in [4.78, 5) is 2.57. The maximum Gasteiger partial charge on any atom is 0.112 e. The summed E-state index contributed by atoms with van der Waals surface area (Å²) >= 11 is 0. The lowest BCUT2D eigenvalue weighted by Crippen LogP contribution is -2.37. The number of nitrogens with zero attached hydrogens (tertiary/aromatic N) is 1. The first-order valence-corrected chi connectivity index (χ1v) is 4.62. The molecule has 0 aromatic rings. The summed E-state index contributed by atoms with van der Waals surface area (Å²) < 4.78 is 0. The minimum Gasteiger partial charge on any atom is -0.304 e. The second-order valence-corrected chi connectivity index (χ2v) is 4.70. The summed E-state index contributed by atoms with van der Waals surface area (Å²) in [6.07, 6.45) is 2.58. The highest BCUT2D eigenvalue weighted by Gasteiger charge is 2.17. The third kappa shape index (κ3) is 3.81. The summed E-state index contributed by atoms with van der Waals surface area (Å²) in [7, 11) is 2.40. The van der Waals surface area contributed by atoms with Gasteiger partial charge in [0.1, 0.15) is 7.28 Å². The Kier molecular flexibility index (Phi) is 3.00. The molecular weight excluding hydrogens is 133 g/mol. The normalized spacial score (nSPS) is 21.4. The Hall–Kier alpha value is 0.0249. The van der Waals surface area contributed by atoms with E-state index in [-0.39, 0.29) is 0 Å². The molecule has 1 aliphatic rings. The van der Waals surface area contributed by atoms with Crippen LogP contribution in [-0.4, -0.2) is 31.8 Å². The molecule has 63 valence electrons. The van der Waals surface area contributed by atoms with Gasteiger partial charge in [0.2, 0.25) is 0 Å². The molecule has 0 aromatic heterocycles. The molecule has 0 unspecified atom stereocenters. The highest BCUT2D eigenvalue weighted by molar-refractivity contribution is 6.35. The van der Waals surface area contributed by atoms with Gasteiger partial charge in [-0.25, -0.2) is 0 Å². The summed E-state index contributed by atoms with van der Waals surface area (Å²) in [6, 6.07) is 0. The van der Waals surface area contributed by atoms with Crippen LogP contribution in [0.25, 0.3) is 0 Å². The van der Waals surface area contributed by atoms with E-state index >= 15 is 0 Å². The fraction of sp³-hybridized carbons (Fsp3) is 1.00. The molecule has 1 rings (SSSR count). The Morgan fingerprint density at radius 2 is 1.73 bits per heavy atom. The van der Waals surface area contributed by atoms with Crippen LogP contribution < -0.4 is 0 Å². The first-order valence-electron chi connectivity index (χ1n) is 4.62. The van der Waals surface area contributed by atoms with Crippen molar-refractivity contribution < 1.29 is 0 Å². The summed E-state index contributed by atoms with van der Waals surface area (Å²) in [5, 5.41) is 0. The van der Waals surface area contributed by atoms with Crippen LogP contribution in [0.15, 0.2) is 0 Å². The molecule has 1 nitrogen and oxygen atoms in total. The lowest BCUT2D eigenvalue weighted by atomic mass is 9.68. The van der Waals surface area contributed by atoms with Gasteiger partial charge in [-0.05, 0) is 18.5 Å². The SMILES string of the molecule is CC(C)(C)CN1CC[B]CC1. The van der Waals surface area contributed by atoms with E-state index in [0.717, 1.165) is 0 Å². The lowest BCUT2D eigenvalue weighted by molar-refractivity contribution is 0.202. The van der Waals surface area contributed by atoms with Crippen molar-refractivity contribution in [3.63, 3.8) is 0 Å². The minimum absolute atomic E-state index is 0.470. The maximum absolute atomic E-state index is 2.57. The maximum atomic E-state index is 2.57. The molecule has 1 radical (unpaired) electrons. The van der Waals surface area contributed by atoms with Gasteiger partial charge in [-0.2, -0.15) is 0 Å². The lowest BCUT2D eigenvalue weighted by Gasteiger charge is -2.32. The predicted molar refractivity (Wildman–Crippen MR) is 51.3 cm³/mol. The number of hydrogen-bond acceptors (Lipinski definition) is 1. The van der Waals surface area contributed by atoms with Gasteiger partial charge >= 0.3 is 0 Å². The average Bonchev–Trinajstić information content (AvgIpc) is 1.85. The van der Waals surface area contributed by atoms with Crippen molar-refractivity contribution in [3.8, 4) is 0 Å². The van der Waals surface area contributed by atoms with Crippen molar-refractivity contribution in [3.05, 3.63) is 0 Å². The van der Waals surface area contributed by atoms with Crippen molar-refractivity contribution in [2.75, 3.05) is 19.6 Å². The van der Waals surface area contributed by atoms with E-state index in [1.165, 1.54) is 32.3 Å². The van der Waals surface area contributed by atoms with Crippen LogP contribution in [0.5, 0.6) is 0 Å². The average molecular weight is 152 g/mol. The zero-order valence-corrected chi connectivity index (χ0v) is 8.06. The van der Waals surface area contributed by atoms with Crippen molar-refractivity contribution in [1.82, 2.24) is 4.90 Å². The van der Waals surface area contributed by atoms with Crippen LogP contribution in [0.1, 0.15) is 20.8 Å². The Morgan fingerprint density at radius 1 is 1.18 bits per heavy atom. The van der Waals surface area contributed by atoms with E-state index in [1.54, 1.807) is 0 Å². The second-order valence-electron chi connectivity index (χ2n) is 4.70. The molecule has 0 spiro atoms. The van der Waals surface area contributed by atoms with Crippen LogP contribution in [-0.2, 0) is 0 Å². The number of hydrogen-bond donors (Lipinski definition) is 0. The van der Waals surface area contributed by atoms with Crippen LogP contribution in [0, 0.1) is 5.41 Å². The van der Waals surface area contributed by atoms with E-state index in [2.05, 4.69) is 33.0 Å². The summed E-state index contributed by atoms with van der Waals surface area (Å²) in [5.74, 6) is 0. The molecule has 11 heavy (non-hydrogen) atoms. The molecule has 1 heterocycles. The van der Waals surface area contributed by atoms with Crippen molar-refractivity contribution in [2.45, 2.75) is 33.4 Å². The summed E-state index contributed by atoms with van der Waals surface area (Å²) in [5.41, 5.74) is 0.470. The zero-order valence-electron chi connectivity index (χ0n) is 8.06. The topological polar surface area (TPSA) is 3.24 Å². The molecule has 2 heteroatoms. The van der Waals surface area contributed by atoms with E-state index < -0.39 is 0 Å². The highest BCUT2D eigenvalue weighted by atomic mass is 15.1. The molecule has 0 atom stereocenters. The van der Waals surface area contributed by atoms with Gasteiger partial charge in [0.25, 0.3) is 0 Å². The van der Waals surface area contributed by atoms with Crippen molar-refractivity contribution in [2.24, 2.45) is 5.41 Å². The van der Waals surface area contributed by atoms with Gasteiger partial charge in [-0.3, -0.25) is 0 Å². The Bertz CT molecular complexity index is 111. The van der Waals surface area contributed by atoms with Gasteiger partial charge < -0.3 is 4.90 Å². The monoisotopic (exact) mass is 152 g/mol. The van der Waals surface area contributed by atoms with Crippen molar-refractivity contribution in [1.29, 1.82) is 0 Å². The predicted octanol–water partition coefficient (Wildman–Crippen LogP) is 1.89. The zero-order chi connectivity index (χ0) is 8.32. The fourth-order valence-corrected chi connectivity index (χ4v) is 1.63. The standard InChI is InChI=1S/C9H19BN/c1-9(2,3)8-11-6-4-10-5-7-11/h4-8H2,1-3H3. The number of rotatable bonds is 1. The Labute approximate surface area is 71.4 Å². The summed E-state index contributed by atoms with van der Waals surface area (Å²) in [6.45, 7) is 10.7. The Balaban J connectivity index is 2.24. The third-order valence-electron chi connectivity index (χ3n) is 2.00. The van der Waals surface area contributed by atoms with E-state index in [9.17, 15) is 0 Å². The molecule has 0 amide bonds. The largest absolute Gasteiger partial charge is 0.304 e. The molecule has 1 aliphatic heterocycles. The van der Waals surface area contributed by atoms with E-state index in [4.69, 9.17) is 0 Å². The van der Waals surface area contributed by atoms with Crippen LogP contribution in [0.2, 0.25) is 12.6 Å².